The van der Waals surface area contributed by atoms with Crippen LogP contribution < -0.4 is 15.5 Å². The monoisotopic (exact) mass is 552 g/mol. The smallest absolute Gasteiger partial charge is 0.414 e. The van der Waals surface area contributed by atoms with Crippen molar-refractivity contribution in [3.8, 4) is 0 Å². The third-order valence-electron chi connectivity index (χ3n) is 5.96. The molecule has 1 saturated carbocycles. The zero-order valence-electron chi connectivity index (χ0n) is 18.4. The highest BCUT2D eigenvalue weighted by Crippen LogP contribution is 2.23. The predicted octanol–water partition coefficient (Wildman–Crippen LogP) is 4.71. The van der Waals surface area contributed by atoms with E-state index in [9.17, 15) is 4.79 Å². The maximum absolute atomic E-state index is 11.7. The second-order valence-corrected chi connectivity index (χ2v) is 8.24. The number of carbonyl (C=O) groups is 1. The molecule has 1 saturated heterocycles. The molecule has 32 heavy (non-hydrogen) atoms. The highest BCUT2D eigenvalue weighted by Gasteiger charge is 2.23. The van der Waals surface area contributed by atoms with Gasteiger partial charge in [-0.05, 0) is 48.6 Å². The lowest BCUT2D eigenvalue weighted by atomic mass is 9.89. The SMILES string of the molecule is I.O=C1OCCN1c1ccc(CN=C(NCCc2ccco2)NCC2CCCCC2)cc1. The lowest BCUT2D eigenvalue weighted by Gasteiger charge is -2.23. The zero-order chi connectivity index (χ0) is 21.3. The summed E-state index contributed by atoms with van der Waals surface area (Å²) in [5, 5.41) is 6.98. The number of carbonyl (C=O) groups excluding carboxylic acids is 1. The summed E-state index contributed by atoms with van der Waals surface area (Å²) in [6.45, 7) is 3.35. The van der Waals surface area contributed by atoms with Crippen LogP contribution in [0.15, 0.2) is 52.1 Å². The van der Waals surface area contributed by atoms with E-state index in [0.717, 1.165) is 48.4 Å². The van der Waals surface area contributed by atoms with E-state index in [4.69, 9.17) is 14.1 Å². The third-order valence-corrected chi connectivity index (χ3v) is 5.96. The van der Waals surface area contributed by atoms with Gasteiger partial charge in [0.05, 0.1) is 19.4 Å². The molecule has 2 aromatic rings. The summed E-state index contributed by atoms with van der Waals surface area (Å²) < 4.78 is 10.4. The number of anilines is 1. The molecule has 7 nitrogen and oxygen atoms in total. The lowest BCUT2D eigenvalue weighted by molar-refractivity contribution is 0.181. The van der Waals surface area contributed by atoms with Crippen LogP contribution in [-0.4, -0.2) is 38.3 Å². The van der Waals surface area contributed by atoms with Gasteiger partial charge in [0.25, 0.3) is 0 Å². The van der Waals surface area contributed by atoms with Gasteiger partial charge in [-0.15, -0.1) is 24.0 Å². The van der Waals surface area contributed by atoms with E-state index in [2.05, 4.69) is 10.6 Å². The number of rotatable bonds is 8. The van der Waals surface area contributed by atoms with E-state index in [0.29, 0.717) is 19.7 Å². The van der Waals surface area contributed by atoms with Crippen molar-refractivity contribution in [2.45, 2.75) is 45.1 Å². The molecule has 8 heteroatoms. The van der Waals surface area contributed by atoms with Gasteiger partial charge in [-0.1, -0.05) is 31.4 Å². The quantitative estimate of drug-likeness (QED) is 0.282. The van der Waals surface area contributed by atoms with Gasteiger partial charge in [0.15, 0.2) is 5.96 Å². The average Bonchev–Trinajstić information content (AvgIpc) is 3.48. The van der Waals surface area contributed by atoms with Crippen molar-refractivity contribution in [2.24, 2.45) is 10.9 Å². The van der Waals surface area contributed by atoms with E-state index in [1.807, 2.05) is 36.4 Å². The molecule has 2 fully saturated rings. The van der Waals surface area contributed by atoms with Gasteiger partial charge in [-0.2, -0.15) is 0 Å². The number of nitrogens with zero attached hydrogens (tertiary/aromatic N) is 2. The van der Waals surface area contributed by atoms with E-state index >= 15 is 0 Å². The number of amides is 1. The van der Waals surface area contributed by atoms with Gasteiger partial charge in [0.2, 0.25) is 0 Å². The van der Waals surface area contributed by atoms with Gasteiger partial charge in [0, 0.05) is 25.2 Å². The molecule has 2 N–H and O–H groups in total. The number of cyclic esters (lactones) is 1. The minimum atomic E-state index is -0.277. The number of hydrogen-bond donors (Lipinski definition) is 2. The van der Waals surface area contributed by atoms with Crippen LogP contribution in [-0.2, 0) is 17.7 Å². The van der Waals surface area contributed by atoms with Crippen LogP contribution in [0.4, 0.5) is 10.5 Å². The highest BCUT2D eigenvalue weighted by molar-refractivity contribution is 14.0. The Hall–Kier alpha value is -2.23. The molecule has 2 heterocycles. The minimum absolute atomic E-state index is 0. The summed E-state index contributed by atoms with van der Waals surface area (Å²) in [6.07, 6.45) is 8.88. The van der Waals surface area contributed by atoms with Crippen LogP contribution in [0.1, 0.15) is 43.4 Å². The fourth-order valence-corrected chi connectivity index (χ4v) is 4.15. The maximum atomic E-state index is 11.7. The van der Waals surface area contributed by atoms with Crippen molar-refractivity contribution in [2.75, 3.05) is 31.1 Å². The Morgan fingerprint density at radius 2 is 1.91 bits per heavy atom. The summed E-state index contributed by atoms with van der Waals surface area (Å²) in [6, 6.07) is 11.9. The molecule has 0 radical (unpaired) electrons. The van der Waals surface area contributed by atoms with Gasteiger partial charge >= 0.3 is 6.09 Å². The van der Waals surface area contributed by atoms with Crippen LogP contribution in [0.3, 0.4) is 0 Å². The summed E-state index contributed by atoms with van der Waals surface area (Å²) in [4.78, 5) is 18.2. The van der Waals surface area contributed by atoms with Crippen molar-refractivity contribution >= 4 is 41.7 Å². The fourth-order valence-electron chi connectivity index (χ4n) is 4.15. The zero-order valence-corrected chi connectivity index (χ0v) is 20.8. The molecule has 1 aliphatic heterocycles. The highest BCUT2D eigenvalue weighted by atomic mass is 127. The molecule has 174 valence electrons. The summed E-state index contributed by atoms with van der Waals surface area (Å²) in [7, 11) is 0. The Kier molecular flexibility index (Phi) is 9.70. The minimum Gasteiger partial charge on any atom is -0.469 e. The number of ether oxygens (including phenoxy) is 1. The van der Waals surface area contributed by atoms with Gasteiger partial charge in [0.1, 0.15) is 12.4 Å². The summed E-state index contributed by atoms with van der Waals surface area (Å²) in [5.41, 5.74) is 1.96. The van der Waals surface area contributed by atoms with Crippen molar-refractivity contribution in [3.63, 3.8) is 0 Å². The maximum Gasteiger partial charge on any atom is 0.414 e. The number of benzene rings is 1. The molecule has 0 atom stereocenters. The molecule has 0 spiro atoms. The van der Waals surface area contributed by atoms with Crippen molar-refractivity contribution in [1.29, 1.82) is 0 Å². The summed E-state index contributed by atoms with van der Waals surface area (Å²) >= 11 is 0. The number of hydrogen-bond acceptors (Lipinski definition) is 4. The van der Waals surface area contributed by atoms with E-state index < -0.39 is 0 Å². The predicted molar refractivity (Wildman–Crippen MR) is 137 cm³/mol. The number of furan rings is 1. The standard InChI is InChI=1S/C24H32N4O3.HI/c29-24-28(14-16-31-24)21-10-8-20(9-11-21)18-27-23(25-13-12-22-7-4-15-30-22)26-17-19-5-2-1-3-6-19;/h4,7-11,15,19H,1-3,5-6,12-14,16-18H2,(H2,25,26,27);1H. The molecular weight excluding hydrogens is 519 g/mol. The van der Waals surface area contributed by atoms with E-state index in [-0.39, 0.29) is 30.1 Å². The van der Waals surface area contributed by atoms with Crippen molar-refractivity contribution in [3.05, 3.63) is 54.0 Å². The molecule has 4 rings (SSSR count). The van der Waals surface area contributed by atoms with Gasteiger partial charge in [-0.3, -0.25) is 4.90 Å². The average molecular weight is 552 g/mol. The second kappa shape index (κ2) is 12.7. The molecule has 1 aliphatic carbocycles. The Balaban J connectivity index is 0.00000289. The fraction of sp³-hybridized carbons (Fsp3) is 0.500. The molecule has 1 aromatic heterocycles. The van der Waals surface area contributed by atoms with E-state index in [1.54, 1.807) is 11.2 Å². The van der Waals surface area contributed by atoms with Crippen molar-refractivity contribution < 1.29 is 13.9 Å². The number of aliphatic imine (C=N–C) groups is 1. The molecule has 1 amide bonds. The number of nitrogens with one attached hydrogen (secondary N) is 2. The molecule has 1 aromatic carbocycles. The molecule has 0 bridgehead atoms. The first-order valence-electron chi connectivity index (χ1n) is 11.4. The Morgan fingerprint density at radius 1 is 1.09 bits per heavy atom. The first-order chi connectivity index (χ1) is 15.3. The molecular formula is C24H33IN4O3. The lowest BCUT2D eigenvalue weighted by Crippen LogP contribution is -2.41. The first-order valence-corrected chi connectivity index (χ1v) is 11.4. The van der Waals surface area contributed by atoms with Crippen LogP contribution in [0.25, 0.3) is 0 Å². The van der Waals surface area contributed by atoms with Crippen molar-refractivity contribution in [1.82, 2.24) is 10.6 Å². The first kappa shape index (κ1) is 24.4. The number of guanidine groups is 1. The largest absolute Gasteiger partial charge is 0.469 e. The summed E-state index contributed by atoms with van der Waals surface area (Å²) in [5.74, 6) is 2.53. The van der Waals surface area contributed by atoms with Gasteiger partial charge < -0.3 is 19.8 Å². The number of halogens is 1. The third kappa shape index (κ3) is 7.15. The topological polar surface area (TPSA) is 79.1 Å². The van der Waals surface area contributed by atoms with Gasteiger partial charge in [-0.25, -0.2) is 9.79 Å². The van der Waals surface area contributed by atoms with Crippen LogP contribution in [0, 0.1) is 5.92 Å². The Morgan fingerprint density at radius 3 is 2.59 bits per heavy atom. The van der Waals surface area contributed by atoms with Crippen LogP contribution >= 0.6 is 24.0 Å². The Bertz CT molecular complexity index is 849. The second-order valence-electron chi connectivity index (χ2n) is 8.24. The normalized spacial score (nSPS) is 17.1. The molecule has 0 unspecified atom stereocenters. The Labute approximate surface area is 207 Å². The van der Waals surface area contributed by atoms with E-state index in [1.165, 1.54) is 32.1 Å². The van der Waals surface area contributed by atoms with Crippen LogP contribution in [0.2, 0.25) is 0 Å². The molecule has 2 aliphatic rings. The van der Waals surface area contributed by atoms with Crippen LogP contribution in [0.5, 0.6) is 0 Å².